The number of pyridine rings is 1. The number of rotatable bonds is 5. The zero-order valence-electron chi connectivity index (χ0n) is 19.8. The van der Waals surface area contributed by atoms with Crippen LogP contribution in [0.3, 0.4) is 0 Å². The van der Waals surface area contributed by atoms with Gasteiger partial charge in [0.25, 0.3) is 5.78 Å². The van der Waals surface area contributed by atoms with E-state index in [4.69, 9.17) is 15.2 Å². The van der Waals surface area contributed by atoms with Crippen LogP contribution in [-0.2, 0) is 0 Å². The molecule has 0 saturated carbocycles. The normalized spacial score (nSPS) is 11.2. The highest BCUT2D eigenvalue weighted by molar-refractivity contribution is 7.21. The number of H-pyrrole nitrogens is 1. The van der Waals surface area contributed by atoms with Crippen LogP contribution in [0.5, 0.6) is 0 Å². The number of nitrogens with two attached hydrogens (primary N) is 1. The Labute approximate surface area is 215 Å². The summed E-state index contributed by atoms with van der Waals surface area (Å²) in [7, 11) is 0. The van der Waals surface area contributed by atoms with Gasteiger partial charge in [0, 0.05) is 23.1 Å². The van der Waals surface area contributed by atoms with E-state index in [1.165, 1.54) is 16.0 Å². The summed E-state index contributed by atoms with van der Waals surface area (Å²) in [6.07, 6.45) is 0. The molecule has 0 radical (unpaired) electrons. The molecule has 0 unspecified atom stereocenters. The van der Waals surface area contributed by atoms with Crippen LogP contribution >= 0.6 is 11.3 Å². The molecule has 0 aliphatic carbocycles. The molecule has 0 saturated heterocycles. The molecule has 3 heterocycles. The lowest BCUT2D eigenvalue weighted by molar-refractivity contribution is -0.672. The monoisotopic (exact) mass is 505 g/mol. The van der Waals surface area contributed by atoms with Crippen LogP contribution in [0.2, 0.25) is 0 Å². The van der Waals surface area contributed by atoms with Crippen molar-refractivity contribution in [3.8, 4) is 28.1 Å². The maximum Gasteiger partial charge on any atom is 0.439 e. The topological polar surface area (TPSA) is 106 Å². The number of anilines is 1. The minimum absolute atomic E-state index is 0.161. The number of hydrogen-bond donors (Lipinski definition) is 2. The quantitative estimate of drug-likeness (QED) is 0.244. The van der Waals surface area contributed by atoms with Crippen LogP contribution < -0.4 is 16.0 Å². The van der Waals surface area contributed by atoms with Crippen molar-refractivity contribution in [1.29, 1.82) is 0 Å². The van der Waals surface area contributed by atoms with Crippen molar-refractivity contribution in [2.24, 2.45) is 0 Å². The zero-order chi connectivity index (χ0) is 25.5. The van der Waals surface area contributed by atoms with Crippen LogP contribution in [-0.4, -0.2) is 16.0 Å². The van der Waals surface area contributed by atoms with E-state index in [-0.39, 0.29) is 16.3 Å². The summed E-state index contributed by atoms with van der Waals surface area (Å²) < 4.78 is 6.36. The number of carbonyl (C=O) groups excluding carboxylic acids is 1. The number of aryl methyl sites for hydroxylation is 1. The van der Waals surface area contributed by atoms with Crippen molar-refractivity contribution in [2.45, 2.75) is 6.92 Å². The number of nitrogens with one attached hydrogen (secondary N) is 1. The second kappa shape index (κ2) is 9.00. The first kappa shape index (κ1) is 22.6. The first-order chi connectivity index (χ1) is 18.0. The largest absolute Gasteiger partial charge is 0.439 e. The Morgan fingerprint density at radius 2 is 1.59 bits per heavy atom. The third kappa shape index (κ3) is 3.93. The standard InChI is InChI=1S/C29H20N4O3S/c1-17-12-14-20(15-13-17)33-25(29(35)36-32-33)26(34)27-24(30)23-21(18-8-4-2-5-9-18)16-22(31-28(23)37-27)19-10-6-3-7-11-19/h2-16H,1H3,(H2-,30,32,34,35)/p+1. The molecule has 0 bridgehead atoms. The Hall–Kier alpha value is -4.82. The molecule has 180 valence electrons. The van der Waals surface area contributed by atoms with Gasteiger partial charge in [0.15, 0.2) is 0 Å². The van der Waals surface area contributed by atoms with Gasteiger partial charge in [0.05, 0.1) is 11.4 Å². The number of hydrogen-bond acceptors (Lipinski definition) is 6. The second-order valence-electron chi connectivity index (χ2n) is 8.64. The van der Waals surface area contributed by atoms with E-state index < -0.39 is 11.4 Å². The van der Waals surface area contributed by atoms with E-state index in [1.807, 2.05) is 85.8 Å². The molecule has 37 heavy (non-hydrogen) atoms. The Kier molecular flexibility index (Phi) is 5.50. The molecule has 0 aliphatic rings. The van der Waals surface area contributed by atoms with Gasteiger partial charge in [-0.25, -0.2) is 9.78 Å². The van der Waals surface area contributed by atoms with Gasteiger partial charge < -0.3 is 5.73 Å². The summed E-state index contributed by atoms with van der Waals surface area (Å²) in [5, 5.41) is 3.22. The van der Waals surface area contributed by atoms with Crippen LogP contribution in [0.1, 0.15) is 20.9 Å². The van der Waals surface area contributed by atoms with Crippen LogP contribution in [0.25, 0.3) is 38.3 Å². The van der Waals surface area contributed by atoms with Gasteiger partial charge in [-0.05, 0) is 34.1 Å². The summed E-state index contributed by atoms with van der Waals surface area (Å²) >= 11 is 1.17. The van der Waals surface area contributed by atoms with Crippen LogP contribution in [0.15, 0.2) is 100 Å². The third-order valence-corrected chi connectivity index (χ3v) is 7.31. The first-order valence-electron chi connectivity index (χ1n) is 11.6. The number of carbonyl (C=O) groups is 1. The molecular formula is C29H21N4O3S+. The SMILES string of the molecule is Cc1ccc(-[n+]2[nH]oc(=O)c2C(=O)c2sc3nc(-c4ccccc4)cc(-c4ccccc4)c3c2N)cc1. The molecule has 0 fully saturated rings. The van der Waals surface area contributed by atoms with Crippen molar-refractivity contribution < 1.29 is 14.0 Å². The van der Waals surface area contributed by atoms with E-state index in [1.54, 1.807) is 12.1 Å². The average Bonchev–Trinajstić information content (AvgIpc) is 3.49. The number of nitrogen functional groups attached to an aromatic ring is 1. The summed E-state index contributed by atoms with van der Waals surface area (Å²) in [6.45, 7) is 1.96. The molecule has 8 heteroatoms. The Bertz CT molecular complexity index is 1820. The number of benzene rings is 3. The molecular weight excluding hydrogens is 484 g/mol. The molecule has 7 nitrogen and oxygen atoms in total. The lowest BCUT2D eigenvalue weighted by Gasteiger charge is -2.08. The predicted molar refractivity (Wildman–Crippen MR) is 144 cm³/mol. The fraction of sp³-hybridized carbons (Fsp3) is 0.0345. The van der Waals surface area contributed by atoms with Gasteiger partial charge in [0.1, 0.15) is 9.71 Å². The maximum absolute atomic E-state index is 13.8. The second-order valence-corrected chi connectivity index (χ2v) is 9.64. The third-order valence-electron chi connectivity index (χ3n) is 6.21. The molecule has 6 aromatic rings. The highest BCUT2D eigenvalue weighted by atomic mass is 32.1. The molecule has 3 N–H and O–H groups in total. The summed E-state index contributed by atoms with van der Waals surface area (Å²) in [5.74, 6) is -0.531. The van der Waals surface area contributed by atoms with Crippen molar-refractivity contribution in [2.75, 3.05) is 5.73 Å². The molecule has 6 rings (SSSR count). The average molecular weight is 506 g/mol. The molecule has 0 amide bonds. The van der Waals surface area contributed by atoms with Crippen molar-refractivity contribution in [3.05, 3.63) is 118 Å². The Morgan fingerprint density at radius 3 is 2.27 bits per heavy atom. The van der Waals surface area contributed by atoms with Crippen molar-refractivity contribution >= 4 is 33.0 Å². The van der Waals surface area contributed by atoms with Crippen molar-refractivity contribution in [3.63, 3.8) is 0 Å². The van der Waals surface area contributed by atoms with E-state index in [0.29, 0.717) is 15.9 Å². The van der Waals surface area contributed by atoms with Crippen molar-refractivity contribution in [1.82, 2.24) is 10.3 Å². The van der Waals surface area contributed by atoms with E-state index in [9.17, 15) is 9.59 Å². The van der Waals surface area contributed by atoms with Gasteiger partial charge >= 0.3 is 11.3 Å². The highest BCUT2D eigenvalue weighted by Crippen LogP contribution is 2.41. The van der Waals surface area contributed by atoms with E-state index >= 15 is 0 Å². The number of aromatic nitrogens is 3. The van der Waals surface area contributed by atoms with Crippen LogP contribution in [0, 0.1) is 6.92 Å². The van der Waals surface area contributed by atoms with Gasteiger partial charge in [-0.3, -0.25) is 9.32 Å². The Morgan fingerprint density at radius 1 is 0.946 bits per heavy atom. The fourth-order valence-electron chi connectivity index (χ4n) is 4.34. The fourth-order valence-corrected chi connectivity index (χ4v) is 5.40. The molecule has 0 atom stereocenters. The lowest BCUT2D eigenvalue weighted by atomic mass is 9.99. The highest BCUT2D eigenvalue weighted by Gasteiger charge is 2.35. The van der Waals surface area contributed by atoms with E-state index in [0.717, 1.165) is 27.9 Å². The van der Waals surface area contributed by atoms with Gasteiger partial charge in [-0.1, -0.05) is 78.4 Å². The summed E-state index contributed by atoms with van der Waals surface area (Å²) in [6, 6.07) is 29.0. The number of fused-ring (bicyclic) bond motifs is 1. The lowest BCUT2D eigenvalue weighted by Crippen LogP contribution is -2.41. The molecule has 3 aromatic heterocycles. The summed E-state index contributed by atoms with van der Waals surface area (Å²) in [5.41, 5.74) is 11.1. The number of nitrogens with zero attached hydrogens (tertiary/aromatic N) is 2. The predicted octanol–water partition coefficient (Wildman–Crippen LogP) is 5.31. The molecule has 0 aliphatic heterocycles. The van der Waals surface area contributed by atoms with E-state index in [2.05, 4.69) is 5.27 Å². The Balaban J connectivity index is 1.56. The maximum atomic E-state index is 13.8. The minimum atomic E-state index is -0.774. The smallest absolute Gasteiger partial charge is 0.397 e. The minimum Gasteiger partial charge on any atom is -0.397 e. The van der Waals surface area contributed by atoms with Crippen LogP contribution in [0.4, 0.5) is 5.69 Å². The first-order valence-corrected chi connectivity index (χ1v) is 12.4. The molecule has 0 spiro atoms. The number of thiophene rings is 1. The molecule has 3 aromatic carbocycles. The number of ketones is 1. The summed E-state index contributed by atoms with van der Waals surface area (Å²) in [4.78, 5) is 32.1. The van der Waals surface area contributed by atoms with Gasteiger partial charge in [-0.2, -0.15) is 0 Å². The zero-order valence-corrected chi connectivity index (χ0v) is 20.6. The number of aromatic amines is 1. The van der Waals surface area contributed by atoms with Gasteiger partial charge in [0.2, 0.25) is 5.69 Å². The van der Waals surface area contributed by atoms with Gasteiger partial charge in [-0.15, -0.1) is 11.3 Å².